The molecule has 0 atom stereocenters. The van der Waals surface area contributed by atoms with Crippen LogP contribution in [0.15, 0.2) is 23.4 Å². The quantitative estimate of drug-likeness (QED) is 0.475. The maximum absolute atomic E-state index is 12.8. The van der Waals surface area contributed by atoms with Crippen LogP contribution < -0.4 is 0 Å². The molecule has 88 valence electrons. The van der Waals surface area contributed by atoms with Gasteiger partial charge in [-0.1, -0.05) is 19.0 Å². The first-order valence-electron chi connectivity index (χ1n) is 5.23. The van der Waals surface area contributed by atoms with Gasteiger partial charge in [0.25, 0.3) is 0 Å². The summed E-state index contributed by atoms with van der Waals surface area (Å²) in [4.78, 5) is 4.98. The molecule has 3 nitrogen and oxygen atoms in total. The van der Waals surface area contributed by atoms with E-state index in [1.165, 1.54) is 24.4 Å². The smallest absolute Gasteiger partial charge is 0.124 e. The Hall–Kier alpha value is -1.58. The highest BCUT2D eigenvalue weighted by atomic mass is 19.1. The van der Waals surface area contributed by atoms with Gasteiger partial charge in [-0.25, -0.2) is 4.39 Å². The van der Waals surface area contributed by atoms with Crippen LogP contribution in [0, 0.1) is 11.7 Å². The van der Waals surface area contributed by atoms with Crippen molar-refractivity contribution in [3.05, 3.63) is 29.6 Å². The summed E-state index contributed by atoms with van der Waals surface area (Å²) in [5.74, 6) is 0.122. The van der Waals surface area contributed by atoms with Crippen molar-refractivity contribution in [1.82, 2.24) is 0 Å². The Kier molecular flexibility index (Phi) is 4.76. The van der Waals surface area contributed by atoms with E-state index in [2.05, 4.69) is 19.0 Å². The summed E-state index contributed by atoms with van der Waals surface area (Å²) in [7, 11) is 0. The highest BCUT2D eigenvalue weighted by Crippen LogP contribution is 2.15. The van der Waals surface area contributed by atoms with Crippen molar-refractivity contribution in [3.8, 4) is 5.75 Å². The van der Waals surface area contributed by atoms with Crippen molar-refractivity contribution in [3.63, 3.8) is 0 Å². The zero-order valence-corrected chi connectivity index (χ0v) is 9.48. The van der Waals surface area contributed by atoms with Crippen molar-refractivity contribution < 1.29 is 14.3 Å². The summed E-state index contributed by atoms with van der Waals surface area (Å²) in [5.41, 5.74) is 0.310. The van der Waals surface area contributed by atoms with E-state index < -0.39 is 5.82 Å². The fourth-order valence-corrected chi connectivity index (χ4v) is 1.06. The van der Waals surface area contributed by atoms with E-state index in [9.17, 15) is 9.50 Å². The first-order valence-corrected chi connectivity index (χ1v) is 5.23. The summed E-state index contributed by atoms with van der Waals surface area (Å²) >= 11 is 0. The molecule has 0 aliphatic heterocycles. The van der Waals surface area contributed by atoms with Crippen LogP contribution in [0.3, 0.4) is 0 Å². The van der Waals surface area contributed by atoms with Crippen molar-refractivity contribution in [1.29, 1.82) is 0 Å². The lowest BCUT2D eigenvalue weighted by atomic mass is 10.1. The zero-order valence-electron chi connectivity index (χ0n) is 9.48. The third-order valence-corrected chi connectivity index (χ3v) is 2.04. The fourth-order valence-electron chi connectivity index (χ4n) is 1.06. The largest absolute Gasteiger partial charge is 0.507 e. The third kappa shape index (κ3) is 4.29. The Balaban J connectivity index is 2.46. The Bertz CT molecular complexity index is 364. The second-order valence-corrected chi connectivity index (χ2v) is 3.95. The molecule has 1 N–H and O–H groups in total. The Morgan fingerprint density at radius 3 is 2.94 bits per heavy atom. The normalized spacial score (nSPS) is 11.2. The van der Waals surface area contributed by atoms with Gasteiger partial charge in [-0.3, -0.25) is 0 Å². The predicted octanol–water partition coefficient (Wildman–Crippen LogP) is 2.93. The lowest BCUT2D eigenvalue weighted by Gasteiger charge is -2.02. The van der Waals surface area contributed by atoms with Gasteiger partial charge in [0.2, 0.25) is 0 Å². The SMILES string of the molecule is CC(C)CCO/N=C/c1cc(F)ccc1O. The number of halogens is 1. The summed E-state index contributed by atoms with van der Waals surface area (Å²) in [6.45, 7) is 4.70. The van der Waals surface area contributed by atoms with Crippen molar-refractivity contribution in [2.75, 3.05) is 6.61 Å². The van der Waals surface area contributed by atoms with Crippen LogP contribution in [0.4, 0.5) is 4.39 Å². The molecule has 0 radical (unpaired) electrons. The lowest BCUT2D eigenvalue weighted by molar-refractivity contribution is 0.134. The van der Waals surface area contributed by atoms with Gasteiger partial charge in [0.05, 0.1) is 6.21 Å². The second kappa shape index (κ2) is 6.10. The standard InChI is InChI=1S/C12H16FNO2/c1-9(2)5-6-16-14-8-10-7-11(13)3-4-12(10)15/h3-4,7-9,15H,5-6H2,1-2H3/b14-8+. The number of phenols is 1. The van der Waals surface area contributed by atoms with Crippen molar-refractivity contribution >= 4 is 6.21 Å². The Morgan fingerprint density at radius 1 is 1.50 bits per heavy atom. The number of oxime groups is 1. The van der Waals surface area contributed by atoms with Crippen molar-refractivity contribution in [2.45, 2.75) is 20.3 Å². The highest BCUT2D eigenvalue weighted by molar-refractivity contribution is 5.82. The van der Waals surface area contributed by atoms with Gasteiger partial charge < -0.3 is 9.94 Å². The summed E-state index contributed by atoms with van der Waals surface area (Å²) in [5, 5.41) is 13.0. The molecule has 1 rings (SSSR count). The molecular formula is C12H16FNO2. The molecule has 1 aromatic rings. The minimum Gasteiger partial charge on any atom is -0.507 e. The minimum absolute atomic E-state index is 0.0161. The summed E-state index contributed by atoms with van der Waals surface area (Å²) in [6.07, 6.45) is 2.21. The number of phenolic OH excluding ortho intramolecular Hbond substituents is 1. The average Bonchev–Trinajstić information content (AvgIpc) is 2.22. The first kappa shape index (κ1) is 12.5. The van der Waals surface area contributed by atoms with Gasteiger partial charge in [-0.2, -0.15) is 0 Å². The molecule has 0 aliphatic carbocycles. The summed E-state index contributed by atoms with van der Waals surface area (Å²) < 4.78 is 12.8. The molecule has 1 aromatic carbocycles. The minimum atomic E-state index is -0.415. The topological polar surface area (TPSA) is 41.8 Å². The third-order valence-electron chi connectivity index (χ3n) is 2.04. The molecule has 0 aliphatic rings. The number of hydrogen-bond donors (Lipinski definition) is 1. The molecule has 0 amide bonds. The number of rotatable bonds is 5. The molecule has 4 heteroatoms. The number of hydrogen-bond acceptors (Lipinski definition) is 3. The van der Waals surface area contributed by atoms with E-state index in [1.54, 1.807) is 0 Å². The van der Waals surface area contributed by atoms with Crippen LogP contribution in [0.1, 0.15) is 25.8 Å². The number of nitrogens with zero attached hydrogens (tertiary/aromatic N) is 1. The van der Waals surface area contributed by atoms with Gasteiger partial charge in [-0.15, -0.1) is 0 Å². The molecular weight excluding hydrogens is 209 g/mol. The number of aromatic hydroxyl groups is 1. The van der Waals surface area contributed by atoms with Gasteiger partial charge in [0, 0.05) is 5.56 Å². The maximum Gasteiger partial charge on any atom is 0.124 e. The second-order valence-electron chi connectivity index (χ2n) is 3.95. The van der Waals surface area contributed by atoms with Gasteiger partial charge in [-0.05, 0) is 30.5 Å². The zero-order chi connectivity index (χ0) is 12.0. The van der Waals surface area contributed by atoms with E-state index in [0.717, 1.165) is 6.42 Å². The van der Waals surface area contributed by atoms with E-state index >= 15 is 0 Å². The Morgan fingerprint density at radius 2 is 2.25 bits per heavy atom. The lowest BCUT2D eigenvalue weighted by Crippen LogP contribution is -1.95. The van der Waals surface area contributed by atoms with E-state index in [1.807, 2.05) is 0 Å². The monoisotopic (exact) mass is 225 g/mol. The van der Waals surface area contributed by atoms with E-state index in [4.69, 9.17) is 4.84 Å². The van der Waals surface area contributed by atoms with Crippen LogP contribution in [0.5, 0.6) is 5.75 Å². The van der Waals surface area contributed by atoms with E-state index in [-0.39, 0.29) is 5.75 Å². The predicted molar refractivity (Wildman–Crippen MR) is 61.1 cm³/mol. The van der Waals surface area contributed by atoms with Crippen LogP contribution in [0.25, 0.3) is 0 Å². The van der Waals surface area contributed by atoms with Crippen LogP contribution in [-0.4, -0.2) is 17.9 Å². The summed E-state index contributed by atoms with van der Waals surface area (Å²) in [6, 6.07) is 3.67. The maximum atomic E-state index is 12.8. The molecule has 0 bridgehead atoms. The Labute approximate surface area is 94.5 Å². The van der Waals surface area contributed by atoms with Crippen LogP contribution >= 0.6 is 0 Å². The molecule has 0 unspecified atom stereocenters. The van der Waals surface area contributed by atoms with Crippen LogP contribution in [-0.2, 0) is 4.84 Å². The average molecular weight is 225 g/mol. The van der Waals surface area contributed by atoms with Gasteiger partial charge >= 0.3 is 0 Å². The molecule has 0 saturated heterocycles. The molecule has 0 aromatic heterocycles. The molecule has 0 spiro atoms. The molecule has 16 heavy (non-hydrogen) atoms. The molecule has 0 saturated carbocycles. The van der Waals surface area contributed by atoms with Gasteiger partial charge in [0.1, 0.15) is 18.2 Å². The van der Waals surface area contributed by atoms with E-state index in [0.29, 0.717) is 18.1 Å². The molecule has 0 heterocycles. The molecule has 0 fully saturated rings. The van der Waals surface area contributed by atoms with Crippen molar-refractivity contribution in [2.24, 2.45) is 11.1 Å². The first-order chi connectivity index (χ1) is 7.59. The van der Waals surface area contributed by atoms with Gasteiger partial charge in [0.15, 0.2) is 0 Å². The van der Waals surface area contributed by atoms with Crippen LogP contribution in [0.2, 0.25) is 0 Å². The fraction of sp³-hybridized carbons (Fsp3) is 0.417. The number of benzene rings is 1. The highest BCUT2D eigenvalue weighted by Gasteiger charge is 1.99.